The van der Waals surface area contributed by atoms with Crippen molar-refractivity contribution in [2.24, 2.45) is 5.73 Å². The van der Waals surface area contributed by atoms with Crippen molar-refractivity contribution in [2.45, 2.75) is 4.90 Å². The van der Waals surface area contributed by atoms with Gasteiger partial charge in [0, 0.05) is 13.1 Å². The fraction of sp³-hybridized carbons (Fsp3) is 0.364. The van der Waals surface area contributed by atoms with Gasteiger partial charge in [0.2, 0.25) is 0 Å². The van der Waals surface area contributed by atoms with Crippen LogP contribution in [0.4, 0.5) is 4.79 Å². The maximum absolute atomic E-state index is 12.9. The van der Waals surface area contributed by atoms with E-state index in [4.69, 9.17) is 10.5 Å². The van der Waals surface area contributed by atoms with Gasteiger partial charge >= 0.3 is 6.09 Å². The van der Waals surface area contributed by atoms with Crippen molar-refractivity contribution in [1.29, 1.82) is 0 Å². The minimum atomic E-state index is -3.98. The zero-order chi connectivity index (χ0) is 13.3. The van der Waals surface area contributed by atoms with Gasteiger partial charge in [0.25, 0.3) is 0 Å². The molecule has 1 aliphatic heterocycles. The van der Waals surface area contributed by atoms with Gasteiger partial charge in [-0.15, -0.1) is 0 Å². The Kier molecular flexibility index (Phi) is 3.14. The zero-order valence-electron chi connectivity index (χ0n) is 9.80. The first-order chi connectivity index (χ1) is 8.41. The highest BCUT2D eigenvalue weighted by Gasteiger charge is 2.35. The number of benzene rings is 1. The van der Waals surface area contributed by atoms with E-state index in [1.54, 1.807) is 12.1 Å². The van der Waals surface area contributed by atoms with Crippen LogP contribution >= 0.6 is 0 Å². The Balaban J connectivity index is 2.49. The number of amides is 1. The van der Waals surface area contributed by atoms with Gasteiger partial charge in [-0.05, 0) is 12.1 Å². The lowest BCUT2D eigenvalue weighted by Crippen LogP contribution is -2.51. The minimum Gasteiger partial charge on any atom is -0.409 e. The predicted molar refractivity (Wildman–Crippen MR) is 68.3 cm³/mol. The summed E-state index contributed by atoms with van der Waals surface area (Å²) in [4.78, 5) is 11.0. The van der Waals surface area contributed by atoms with E-state index in [0.29, 0.717) is 13.1 Å². The topological polar surface area (TPSA) is 102 Å². The summed E-state index contributed by atoms with van der Waals surface area (Å²) in [6.45, 7) is 0.902. The largest absolute Gasteiger partial charge is 0.410 e. The molecule has 2 rings (SSSR count). The van der Waals surface area contributed by atoms with Gasteiger partial charge in [0.1, 0.15) is 0 Å². The van der Waals surface area contributed by atoms with Crippen LogP contribution in [-0.4, -0.2) is 39.5 Å². The molecule has 0 radical (unpaired) electrons. The number of carbonyl (C=O) groups is 1. The lowest BCUT2D eigenvalue weighted by molar-refractivity contribution is 0.209. The molecule has 100 valence electrons. The molecule has 1 heterocycles. The fourth-order valence-electron chi connectivity index (χ4n) is 2.04. The Morgan fingerprint density at radius 1 is 1.33 bits per heavy atom. The molecule has 1 amide bonds. The van der Waals surface area contributed by atoms with Gasteiger partial charge in [-0.25, -0.2) is 9.00 Å². The number of nitrogens with one attached hydrogen (secondary N) is 1. The number of hydrogen-bond acceptors (Lipinski definition) is 4. The molecule has 0 saturated carbocycles. The Bertz CT molecular complexity index is 534. The summed E-state index contributed by atoms with van der Waals surface area (Å²) in [6.07, 6.45) is -0.993. The highest BCUT2D eigenvalue weighted by molar-refractivity contribution is 8.15. The van der Waals surface area contributed by atoms with Crippen LogP contribution in [0, 0.1) is 0 Å². The number of ether oxygens (including phenoxy) is 1. The van der Waals surface area contributed by atoms with Crippen LogP contribution in [0.2, 0.25) is 0 Å². The first-order valence-electron chi connectivity index (χ1n) is 5.57. The molecule has 18 heavy (non-hydrogen) atoms. The van der Waals surface area contributed by atoms with Crippen LogP contribution < -0.4 is 15.8 Å². The van der Waals surface area contributed by atoms with Crippen molar-refractivity contribution < 1.29 is 18.3 Å². The quantitative estimate of drug-likeness (QED) is 0.723. The molecule has 0 unspecified atom stereocenters. The fourth-order valence-corrected chi connectivity index (χ4v) is 4.77. The molecule has 6 nitrogen and oxygen atoms in total. The van der Waals surface area contributed by atoms with E-state index in [2.05, 4.69) is 5.32 Å². The third kappa shape index (κ3) is 2.38. The highest BCUT2D eigenvalue weighted by Crippen LogP contribution is 2.39. The molecule has 4 N–H and O–H groups in total. The number of primary amides is 1. The minimum absolute atomic E-state index is 0.0615. The van der Waals surface area contributed by atoms with Crippen LogP contribution in [0.5, 0.6) is 5.75 Å². The Hall–Kier alpha value is -1.44. The lowest BCUT2D eigenvalue weighted by Gasteiger charge is -2.46. The van der Waals surface area contributed by atoms with E-state index < -0.39 is 15.4 Å². The molecule has 0 spiro atoms. The van der Waals surface area contributed by atoms with E-state index in [-0.39, 0.29) is 22.2 Å². The van der Waals surface area contributed by atoms with Gasteiger partial charge < -0.3 is 15.8 Å². The van der Waals surface area contributed by atoms with Crippen LogP contribution in [0.25, 0.3) is 0 Å². The Morgan fingerprint density at radius 2 is 1.94 bits per heavy atom. The number of rotatable bonds is 2. The summed E-state index contributed by atoms with van der Waals surface area (Å²) in [6, 6.07) is 6.25. The molecule has 1 aromatic carbocycles. The van der Waals surface area contributed by atoms with Crippen molar-refractivity contribution in [2.75, 3.05) is 24.6 Å². The smallest absolute Gasteiger partial charge is 0.409 e. The molecule has 7 heteroatoms. The second-order valence-electron chi connectivity index (χ2n) is 4.26. The van der Waals surface area contributed by atoms with E-state index >= 15 is 0 Å². The van der Waals surface area contributed by atoms with Gasteiger partial charge in [-0.1, -0.05) is 12.1 Å². The molecule has 0 atom stereocenters. The summed E-state index contributed by atoms with van der Waals surface area (Å²) in [5.74, 6) is 0.276. The van der Waals surface area contributed by atoms with Gasteiger partial charge in [0.15, 0.2) is 5.75 Å². The zero-order valence-corrected chi connectivity index (χ0v) is 10.6. The summed E-state index contributed by atoms with van der Waals surface area (Å²) in [5, 5.41) is 3.03. The molecular weight excluding hydrogens is 256 g/mol. The number of carbonyl (C=O) groups excluding carboxylic acids is 1. The van der Waals surface area contributed by atoms with Crippen LogP contribution in [0.15, 0.2) is 29.2 Å². The van der Waals surface area contributed by atoms with Crippen LogP contribution in [0.3, 0.4) is 0 Å². The standard InChI is InChI=1S/C11H16N2O4S/c12-11(14)17-9-3-1-2-4-10(9)18(15,16)7-5-13-6-8-18/h1-4,13H,5-8H2,(H2,12,14)(H,15,16). The van der Waals surface area contributed by atoms with Crippen molar-refractivity contribution in [3.05, 3.63) is 24.3 Å². The molecule has 0 bridgehead atoms. The maximum atomic E-state index is 12.9. The molecule has 1 aromatic rings. The maximum Gasteiger partial charge on any atom is 0.410 e. The summed E-state index contributed by atoms with van der Waals surface area (Å²) >= 11 is 0. The molecule has 1 aliphatic rings. The van der Waals surface area contributed by atoms with E-state index in [0.717, 1.165) is 0 Å². The van der Waals surface area contributed by atoms with Crippen molar-refractivity contribution in [3.63, 3.8) is 0 Å². The third-order valence-corrected chi connectivity index (χ3v) is 6.39. The summed E-state index contributed by atoms with van der Waals surface area (Å²) in [7, 11) is -3.98. The third-order valence-electron chi connectivity index (χ3n) is 2.96. The summed E-state index contributed by atoms with van der Waals surface area (Å²) in [5.41, 5.74) is 4.96. The lowest BCUT2D eigenvalue weighted by atomic mass is 10.3. The average Bonchev–Trinajstić information content (AvgIpc) is 2.29. The van der Waals surface area contributed by atoms with E-state index in [1.807, 2.05) is 0 Å². The normalized spacial score (nSPS) is 23.5. The predicted octanol–water partition coefficient (Wildman–Crippen LogP) is 0.399. The van der Waals surface area contributed by atoms with Crippen molar-refractivity contribution in [1.82, 2.24) is 5.32 Å². The van der Waals surface area contributed by atoms with Crippen LogP contribution in [0.1, 0.15) is 0 Å². The van der Waals surface area contributed by atoms with E-state index in [9.17, 15) is 13.6 Å². The average molecular weight is 272 g/mol. The SMILES string of the molecule is NC(=O)Oc1ccccc1S1(=O)(O)CCNCC1. The molecule has 0 aliphatic carbocycles. The summed E-state index contributed by atoms with van der Waals surface area (Å²) < 4.78 is 28.3. The Morgan fingerprint density at radius 3 is 2.56 bits per heavy atom. The first-order valence-corrected chi connectivity index (χ1v) is 7.83. The van der Waals surface area contributed by atoms with Crippen LogP contribution in [-0.2, 0) is 9.35 Å². The molecule has 1 fully saturated rings. The van der Waals surface area contributed by atoms with E-state index in [1.165, 1.54) is 12.1 Å². The molecule has 1 saturated heterocycles. The number of hydrogen-bond donors (Lipinski definition) is 3. The highest BCUT2D eigenvalue weighted by atomic mass is 32.3. The first kappa shape index (κ1) is 13.0. The molecular formula is C11H16N2O4S. The van der Waals surface area contributed by atoms with Crippen molar-refractivity contribution >= 4 is 15.4 Å². The second-order valence-corrected chi connectivity index (χ2v) is 7.99. The number of para-hydroxylation sites is 1. The Labute approximate surface area is 105 Å². The van der Waals surface area contributed by atoms with Gasteiger partial charge in [0.05, 0.1) is 16.4 Å². The number of nitrogens with two attached hydrogens (primary N) is 1. The monoisotopic (exact) mass is 272 g/mol. The second kappa shape index (κ2) is 4.34. The van der Waals surface area contributed by atoms with Gasteiger partial charge in [-0.2, -0.15) is 9.35 Å². The molecule has 0 aromatic heterocycles. The van der Waals surface area contributed by atoms with Gasteiger partial charge in [-0.3, -0.25) is 4.55 Å². The van der Waals surface area contributed by atoms with Crippen molar-refractivity contribution in [3.8, 4) is 5.75 Å².